The Morgan fingerprint density at radius 3 is 2.86 bits per heavy atom. The molecule has 0 aliphatic heterocycles. The number of carbonyl (C=O) groups excluding carboxylic acids is 1. The third-order valence-electron chi connectivity index (χ3n) is 1.70. The quantitative estimate of drug-likeness (QED) is 0.830. The number of amides is 1. The van der Waals surface area contributed by atoms with Gasteiger partial charge >= 0.3 is 0 Å². The minimum absolute atomic E-state index is 0.104. The molecule has 4 heteroatoms. The number of nitrogens with zero attached hydrogens (tertiary/aromatic N) is 1. The van der Waals surface area contributed by atoms with Gasteiger partial charge in [0.2, 0.25) is 5.91 Å². The molecule has 78 valence electrons. The molecule has 0 atom stereocenters. The van der Waals surface area contributed by atoms with Crippen molar-refractivity contribution in [1.29, 1.82) is 0 Å². The summed E-state index contributed by atoms with van der Waals surface area (Å²) in [6.07, 6.45) is 2.42. The van der Waals surface area contributed by atoms with Gasteiger partial charge in [-0.05, 0) is 12.8 Å². The highest BCUT2D eigenvalue weighted by Gasteiger charge is 2.05. The van der Waals surface area contributed by atoms with Gasteiger partial charge in [0.25, 0.3) is 0 Å². The molecule has 0 aliphatic rings. The second-order valence-corrected chi connectivity index (χ2v) is 5.06. The number of aromatic nitrogens is 1. The molecule has 1 aromatic rings. The second-order valence-electron chi connectivity index (χ2n) is 3.74. The van der Waals surface area contributed by atoms with E-state index < -0.39 is 0 Å². The van der Waals surface area contributed by atoms with Crippen LogP contribution in [-0.2, 0) is 11.3 Å². The number of aryl methyl sites for hydroxylation is 1. The zero-order valence-corrected chi connectivity index (χ0v) is 9.65. The standard InChI is InChI=1S/C10H16N2OS/c1-7(2)4-9(13)11-6-10-12-5-8(3)14-10/h5,7H,4,6H2,1-3H3,(H,11,13). The summed E-state index contributed by atoms with van der Waals surface area (Å²) in [7, 11) is 0. The van der Waals surface area contributed by atoms with Crippen molar-refractivity contribution in [3.63, 3.8) is 0 Å². The lowest BCUT2D eigenvalue weighted by molar-refractivity contribution is -0.121. The van der Waals surface area contributed by atoms with E-state index in [1.165, 1.54) is 4.88 Å². The van der Waals surface area contributed by atoms with Gasteiger partial charge in [-0.3, -0.25) is 4.79 Å². The van der Waals surface area contributed by atoms with Crippen LogP contribution in [0.25, 0.3) is 0 Å². The number of carbonyl (C=O) groups is 1. The molecule has 0 unspecified atom stereocenters. The summed E-state index contributed by atoms with van der Waals surface area (Å²) in [5.41, 5.74) is 0. The SMILES string of the molecule is Cc1cnc(CNC(=O)CC(C)C)s1. The van der Waals surface area contributed by atoms with E-state index in [1.54, 1.807) is 11.3 Å². The number of hydrogen-bond donors (Lipinski definition) is 1. The highest BCUT2D eigenvalue weighted by Crippen LogP contribution is 2.10. The van der Waals surface area contributed by atoms with Crippen LogP contribution in [0.1, 0.15) is 30.2 Å². The molecular formula is C10H16N2OS. The van der Waals surface area contributed by atoms with E-state index in [0.717, 1.165) is 5.01 Å². The molecule has 1 rings (SSSR count). The number of hydrogen-bond acceptors (Lipinski definition) is 3. The van der Waals surface area contributed by atoms with Gasteiger partial charge in [-0.25, -0.2) is 4.98 Å². The zero-order valence-electron chi connectivity index (χ0n) is 8.83. The maximum absolute atomic E-state index is 11.3. The van der Waals surface area contributed by atoms with Crippen LogP contribution < -0.4 is 5.32 Å². The Morgan fingerprint density at radius 2 is 2.36 bits per heavy atom. The summed E-state index contributed by atoms with van der Waals surface area (Å²) >= 11 is 1.62. The Bertz CT molecular complexity index is 307. The van der Waals surface area contributed by atoms with Gasteiger partial charge < -0.3 is 5.32 Å². The topological polar surface area (TPSA) is 42.0 Å². The summed E-state index contributed by atoms with van der Waals surface area (Å²) in [5, 5.41) is 3.82. The number of thiazole rings is 1. The van der Waals surface area contributed by atoms with Gasteiger partial charge in [0.1, 0.15) is 5.01 Å². The van der Waals surface area contributed by atoms with Crippen molar-refractivity contribution in [3.8, 4) is 0 Å². The van der Waals surface area contributed by atoms with E-state index in [2.05, 4.69) is 10.3 Å². The molecule has 0 saturated carbocycles. The fourth-order valence-corrected chi connectivity index (χ4v) is 1.83. The van der Waals surface area contributed by atoms with Crippen LogP contribution in [0.2, 0.25) is 0 Å². The Morgan fingerprint density at radius 1 is 1.64 bits per heavy atom. The summed E-state index contributed by atoms with van der Waals surface area (Å²) in [6, 6.07) is 0. The lowest BCUT2D eigenvalue weighted by atomic mass is 10.1. The molecule has 3 nitrogen and oxygen atoms in total. The molecule has 1 aromatic heterocycles. The molecule has 0 spiro atoms. The van der Waals surface area contributed by atoms with Crippen molar-refractivity contribution in [3.05, 3.63) is 16.1 Å². The van der Waals surface area contributed by atoms with E-state index in [-0.39, 0.29) is 5.91 Å². The molecule has 0 bridgehead atoms. The number of nitrogens with one attached hydrogen (secondary N) is 1. The van der Waals surface area contributed by atoms with E-state index >= 15 is 0 Å². The first-order valence-electron chi connectivity index (χ1n) is 4.76. The van der Waals surface area contributed by atoms with E-state index in [0.29, 0.717) is 18.9 Å². The molecule has 0 fully saturated rings. The monoisotopic (exact) mass is 212 g/mol. The molecule has 0 saturated heterocycles. The molecule has 1 amide bonds. The first-order valence-corrected chi connectivity index (χ1v) is 5.57. The van der Waals surface area contributed by atoms with Crippen LogP contribution in [0.15, 0.2) is 6.20 Å². The van der Waals surface area contributed by atoms with E-state index in [1.807, 2.05) is 27.0 Å². The van der Waals surface area contributed by atoms with Crippen molar-refractivity contribution >= 4 is 17.2 Å². The fraction of sp³-hybridized carbons (Fsp3) is 0.600. The lowest BCUT2D eigenvalue weighted by Crippen LogP contribution is -2.23. The minimum Gasteiger partial charge on any atom is -0.350 e. The van der Waals surface area contributed by atoms with Gasteiger partial charge in [-0.15, -0.1) is 11.3 Å². The largest absolute Gasteiger partial charge is 0.350 e. The van der Waals surface area contributed by atoms with Crippen LogP contribution in [-0.4, -0.2) is 10.9 Å². The van der Waals surface area contributed by atoms with E-state index in [4.69, 9.17) is 0 Å². The van der Waals surface area contributed by atoms with Crippen LogP contribution >= 0.6 is 11.3 Å². The molecule has 1 heterocycles. The molecule has 0 radical (unpaired) electrons. The van der Waals surface area contributed by atoms with Gasteiger partial charge in [-0.2, -0.15) is 0 Å². The summed E-state index contributed by atoms with van der Waals surface area (Å²) in [6.45, 7) is 6.64. The fourth-order valence-electron chi connectivity index (χ4n) is 1.10. The Labute approximate surface area is 88.6 Å². The van der Waals surface area contributed by atoms with Crippen LogP contribution in [0.4, 0.5) is 0 Å². The van der Waals surface area contributed by atoms with Gasteiger partial charge in [0, 0.05) is 17.5 Å². The summed E-state index contributed by atoms with van der Waals surface area (Å²) in [4.78, 5) is 16.6. The summed E-state index contributed by atoms with van der Waals surface area (Å²) in [5.74, 6) is 0.515. The number of rotatable bonds is 4. The van der Waals surface area contributed by atoms with Crippen molar-refractivity contribution in [2.24, 2.45) is 5.92 Å². The molecule has 0 aromatic carbocycles. The lowest BCUT2D eigenvalue weighted by Gasteiger charge is -2.04. The van der Waals surface area contributed by atoms with E-state index in [9.17, 15) is 4.79 Å². The third-order valence-corrected chi connectivity index (χ3v) is 2.61. The van der Waals surface area contributed by atoms with Crippen molar-refractivity contribution in [2.75, 3.05) is 0 Å². The summed E-state index contributed by atoms with van der Waals surface area (Å²) < 4.78 is 0. The van der Waals surface area contributed by atoms with Crippen molar-refractivity contribution < 1.29 is 4.79 Å². The van der Waals surface area contributed by atoms with Crippen LogP contribution in [0, 0.1) is 12.8 Å². The van der Waals surface area contributed by atoms with Gasteiger partial charge in [-0.1, -0.05) is 13.8 Å². The van der Waals surface area contributed by atoms with Crippen LogP contribution in [0.3, 0.4) is 0 Å². The second kappa shape index (κ2) is 5.10. The Hall–Kier alpha value is -0.900. The normalized spacial score (nSPS) is 10.6. The van der Waals surface area contributed by atoms with Crippen molar-refractivity contribution in [2.45, 2.75) is 33.7 Å². The Balaban J connectivity index is 2.30. The zero-order chi connectivity index (χ0) is 10.6. The smallest absolute Gasteiger partial charge is 0.220 e. The first kappa shape index (κ1) is 11.2. The molecule has 1 N–H and O–H groups in total. The first-order chi connectivity index (χ1) is 6.58. The Kier molecular flexibility index (Phi) is 4.07. The third kappa shape index (κ3) is 3.87. The van der Waals surface area contributed by atoms with Crippen LogP contribution in [0.5, 0.6) is 0 Å². The predicted molar refractivity (Wildman–Crippen MR) is 58.2 cm³/mol. The average Bonchev–Trinajstić information content (AvgIpc) is 2.47. The molecular weight excluding hydrogens is 196 g/mol. The molecule has 14 heavy (non-hydrogen) atoms. The highest BCUT2D eigenvalue weighted by molar-refractivity contribution is 7.11. The van der Waals surface area contributed by atoms with Gasteiger partial charge in [0.05, 0.1) is 6.54 Å². The van der Waals surface area contributed by atoms with Crippen molar-refractivity contribution in [1.82, 2.24) is 10.3 Å². The maximum atomic E-state index is 11.3. The van der Waals surface area contributed by atoms with Gasteiger partial charge in [0.15, 0.2) is 0 Å². The minimum atomic E-state index is 0.104. The maximum Gasteiger partial charge on any atom is 0.220 e. The predicted octanol–water partition coefficient (Wildman–Crippen LogP) is 2.11. The average molecular weight is 212 g/mol. The molecule has 0 aliphatic carbocycles. The highest BCUT2D eigenvalue weighted by atomic mass is 32.1.